The zero-order chi connectivity index (χ0) is 93.2. The van der Waals surface area contributed by atoms with Crippen LogP contribution in [0.2, 0.25) is 5.02 Å². The molecule has 0 saturated heterocycles. The minimum Gasteiger partial charge on any atom is -0.442 e. The molecule has 0 aliphatic carbocycles. The number of nitrogens with zero attached hydrogens (tertiary/aromatic N) is 21. The van der Waals surface area contributed by atoms with Crippen LogP contribution in [0.3, 0.4) is 0 Å². The molecule has 0 atom stereocenters. The van der Waals surface area contributed by atoms with E-state index >= 15 is 0 Å². The van der Waals surface area contributed by atoms with Gasteiger partial charge < -0.3 is 22.1 Å². The van der Waals surface area contributed by atoms with Crippen molar-refractivity contribution in [3.63, 3.8) is 0 Å². The van der Waals surface area contributed by atoms with Crippen molar-refractivity contribution in [1.29, 1.82) is 0 Å². The van der Waals surface area contributed by atoms with Crippen LogP contribution in [-0.4, -0.2) is 106 Å². The van der Waals surface area contributed by atoms with Gasteiger partial charge in [-0.05, 0) is 135 Å². The van der Waals surface area contributed by atoms with E-state index < -0.39 is 0 Å². The SMILES string of the molecule is Brc1ccc2c(c1)C(c1ccccc1)=NCc1c(-c3cnco3)ncn1-2.Brc1ccc2c(c1)C(c1ccccn1)=NCc1c(-c3cnco3)ncn1-2.C#Cc1ccc2c(c1)C(c1ccccc1)=NCc1c(-c3ocnc3C)ncn1-2.C#Cc1ccc2c(c1)C(c1ccccc1Cl)=NCc1c(-c3cnco3)ncn1-2.C#Cc1ccc2c(c1)C(c1ccccc1F)=NCc1c(-c3ocnc3C)ncn1-2. The zero-order valence-corrected chi connectivity index (χ0v) is 76.5. The third-order valence-corrected chi connectivity index (χ3v) is 24.7. The Hall–Kier alpha value is -17.6. The summed E-state index contributed by atoms with van der Waals surface area (Å²) in [7, 11) is 0. The molecule has 660 valence electrons. The van der Waals surface area contributed by atoms with Gasteiger partial charge >= 0.3 is 0 Å². The molecule has 0 spiro atoms. The molecule has 0 N–H and O–H groups in total. The lowest BCUT2D eigenvalue weighted by atomic mass is 9.98. The molecule has 0 amide bonds. The number of halogens is 4. The summed E-state index contributed by atoms with van der Waals surface area (Å²) in [6.07, 6.45) is 39.7. The van der Waals surface area contributed by atoms with Crippen LogP contribution < -0.4 is 0 Å². The van der Waals surface area contributed by atoms with Gasteiger partial charge in [-0.3, -0.25) is 52.8 Å². The molecule has 11 aromatic heterocycles. The number of oxazole rings is 5. The van der Waals surface area contributed by atoms with Crippen LogP contribution in [0.4, 0.5) is 4.39 Å². The topological polar surface area (TPSA) is 294 Å². The van der Waals surface area contributed by atoms with Gasteiger partial charge in [0, 0.05) is 86.9 Å². The lowest BCUT2D eigenvalue weighted by Crippen LogP contribution is -2.09. The lowest BCUT2D eigenvalue weighted by molar-refractivity contribution is 0.568. The molecule has 9 aromatic carbocycles. The van der Waals surface area contributed by atoms with Gasteiger partial charge in [-0.25, -0.2) is 54.2 Å². The molecule has 20 aromatic rings. The number of rotatable bonds is 10. The number of aryl methyl sites for hydroxylation is 2. The second-order valence-corrected chi connectivity index (χ2v) is 33.6. The van der Waals surface area contributed by atoms with E-state index in [4.69, 9.17) is 77.9 Å². The summed E-state index contributed by atoms with van der Waals surface area (Å²) >= 11 is 13.6. The normalized spacial score (nSPS) is 12.6. The summed E-state index contributed by atoms with van der Waals surface area (Å²) in [6, 6.07) is 70.3. The molecule has 30 heteroatoms. The van der Waals surface area contributed by atoms with Gasteiger partial charge in [0.2, 0.25) is 0 Å². The van der Waals surface area contributed by atoms with Crippen LogP contribution in [0.5, 0.6) is 0 Å². The van der Waals surface area contributed by atoms with Crippen LogP contribution in [-0.2, 0) is 32.7 Å². The molecule has 5 aliphatic rings. The summed E-state index contributed by atoms with van der Waals surface area (Å²) in [5, 5.41) is 0.637. The Morgan fingerprint density at radius 3 is 1.05 bits per heavy atom. The maximum absolute atomic E-state index is 14.6. The number of aliphatic imine (C=N–C) groups is 5. The Kier molecular flexibility index (Phi) is 23.6. The number of pyridine rings is 1. The van der Waals surface area contributed by atoms with E-state index in [1.165, 1.54) is 38.0 Å². The third-order valence-electron chi connectivity index (χ3n) is 23.4. The van der Waals surface area contributed by atoms with Crippen molar-refractivity contribution in [2.45, 2.75) is 46.6 Å². The molecular formula is C107H69Br2ClFN21O5. The first-order valence-corrected chi connectivity index (χ1v) is 44.8. The first-order chi connectivity index (χ1) is 67.3. The van der Waals surface area contributed by atoms with Crippen LogP contribution in [0.25, 0.3) is 85.7 Å². The Labute approximate surface area is 803 Å². The maximum Gasteiger partial charge on any atom is 0.181 e. The van der Waals surface area contributed by atoms with Crippen molar-refractivity contribution in [2.75, 3.05) is 0 Å². The summed E-state index contributed by atoms with van der Waals surface area (Å²) in [6.45, 7) is 5.94. The average Bonchev–Trinajstić information content (AvgIpc) is 1.60. The van der Waals surface area contributed by atoms with Gasteiger partial charge in [0.05, 0.1) is 154 Å². The summed E-state index contributed by atoms with van der Waals surface area (Å²) in [5.41, 5.74) is 30.0. The molecule has 25 rings (SSSR count). The fourth-order valence-corrected chi connectivity index (χ4v) is 17.9. The molecule has 0 unspecified atom stereocenters. The van der Waals surface area contributed by atoms with Gasteiger partial charge in [-0.15, -0.1) is 19.3 Å². The second-order valence-electron chi connectivity index (χ2n) is 31.4. The molecule has 0 saturated carbocycles. The molecular weight excluding hydrogens is 1870 g/mol. The van der Waals surface area contributed by atoms with Crippen LogP contribution in [0.15, 0.2) is 363 Å². The molecule has 0 radical (unpaired) electrons. The van der Waals surface area contributed by atoms with Gasteiger partial charge in [0.15, 0.2) is 60.8 Å². The highest BCUT2D eigenvalue weighted by molar-refractivity contribution is 9.10. The van der Waals surface area contributed by atoms with E-state index in [2.05, 4.69) is 167 Å². The third kappa shape index (κ3) is 16.7. The van der Waals surface area contributed by atoms with Crippen molar-refractivity contribution < 1.29 is 26.5 Å². The van der Waals surface area contributed by atoms with E-state index in [-0.39, 0.29) is 5.82 Å². The first kappa shape index (κ1) is 86.2. The number of terminal acetylenes is 3. The van der Waals surface area contributed by atoms with Crippen molar-refractivity contribution in [2.24, 2.45) is 25.0 Å². The smallest absolute Gasteiger partial charge is 0.181 e. The van der Waals surface area contributed by atoms with E-state index in [0.29, 0.717) is 94.8 Å². The number of hydrogen-bond acceptors (Lipinski definition) is 21. The van der Waals surface area contributed by atoms with E-state index in [1.807, 2.05) is 181 Å². The van der Waals surface area contributed by atoms with Crippen molar-refractivity contribution in [3.8, 4) is 123 Å². The molecule has 16 heterocycles. The van der Waals surface area contributed by atoms with Crippen molar-refractivity contribution >= 4 is 72.0 Å². The molecule has 0 fully saturated rings. The van der Waals surface area contributed by atoms with E-state index in [1.54, 1.807) is 62.0 Å². The number of benzene rings is 9. The lowest BCUT2D eigenvalue weighted by Gasteiger charge is -2.13. The fourth-order valence-electron chi connectivity index (χ4n) is 17.0. The standard InChI is InChI=1S/C23H15FN4O.C23H16N4O.C22H13ClN4O.C20H13BrN4O.C19H12BrN5O/c1-3-15-8-9-19-17(10-15)21(16-6-4-5-7-18(16)24)25-11-20-22(26-12-28(19)20)23-14(2)27-13-29-23;1-3-16-9-10-19-18(11-16)21(17-7-5-4-6-8-17)24-12-20-22(25-13-27(19)20)23-15(2)26-14-28-23;1-2-14-7-8-18-16(9-14)21(15-5-3-4-6-17(15)23)25-10-19-22(26-12-27(18)19)20-11-24-13-28-20;21-14-6-7-16-15(8-14)19(13-4-2-1-3-5-13)23-9-17-20(24-11-25(16)17)18-10-22-12-26-18;20-12-4-5-15-13(7-12)18(14-3-1-2-6-22-14)23-8-16-19(24-10-25(15)16)17-9-21-11-26-17/h1,4-10,12-13H,11H2,2H3;1,4-11,13-14H,12H2,2H3;1,3-9,11-13H,10H2;1-8,10-12H,9H2;1-7,9-11H,8H2. The van der Waals surface area contributed by atoms with E-state index in [0.717, 1.165) is 178 Å². The highest BCUT2D eigenvalue weighted by Crippen LogP contribution is 2.41. The summed E-state index contributed by atoms with van der Waals surface area (Å²) < 4.78 is 54.3. The highest BCUT2D eigenvalue weighted by Gasteiger charge is 2.32. The van der Waals surface area contributed by atoms with Crippen molar-refractivity contribution in [1.82, 2.24) is 77.7 Å². The van der Waals surface area contributed by atoms with E-state index in [9.17, 15) is 4.39 Å². The van der Waals surface area contributed by atoms with Crippen molar-refractivity contribution in [3.05, 3.63) is 439 Å². The predicted octanol–water partition coefficient (Wildman–Crippen LogP) is 21.7. The van der Waals surface area contributed by atoms with Gasteiger partial charge in [-0.1, -0.05) is 158 Å². The van der Waals surface area contributed by atoms with Gasteiger partial charge in [0.1, 0.15) is 65.9 Å². The summed E-state index contributed by atoms with van der Waals surface area (Å²) in [5.74, 6) is 10.9. The quantitative estimate of drug-likeness (QED) is 0.115. The van der Waals surface area contributed by atoms with Crippen LogP contribution in [0, 0.1) is 56.7 Å². The summed E-state index contributed by atoms with van der Waals surface area (Å²) in [4.78, 5) is 72.0. The fraction of sp³-hybridized carbons (Fsp3) is 0.0654. The minimum atomic E-state index is -0.334. The van der Waals surface area contributed by atoms with Gasteiger partial charge in [0.25, 0.3) is 0 Å². The first-order valence-electron chi connectivity index (χ1n) is 42.8. The maximum atomic E-state index is 14.6. The minimum absolute atomic E-state index is 0.305. The Bertz CT molecular complexity index is 8140. The van der Waals surface area contributed by atoms with Crippen LogP contribution in [0.1, 0.15) is 112 Å². The zero-order valence-electron chi connectivity index (χ0n) is 72.6. The molecule has 26 nitrogen and oxygen atoms in total. The highest BCUT2D eigenvalue weighted by atomic mass is 79.9. The van der Waals surface area contributed by atoms with Crippen LogP contribution >= 0.6 is 43.5 Å². The number of aromatic nitrogens is 16. The number of fused-ring (bicyclic) bond motifs is 15. The second kappa shape index (κ2) is 37.6. The Balaban J connectivity index is 0.000000102. The Morgan fingerprint density at radius 1 is 0.328 bits per heavy atom. The number of hydrogen-bond donors (Lipinski definition) is 0. The number of imidazole rings is 5. The molecule has 137 heavy (non-hydrogen) atoms. The molecule has 5 aliphatic heterocycles. The molecule has 0 bridgehead atoms. The largest absolute Gasteiger partial charge is 0.442 e. The Morgan fingerprint density at radius 2 is 0.672 bits per heavy atom. The monoisotopic (exact) mass is 1940 g/mol. The van der Waals surface area contributed by atoms with Gasteiger partial charge in [-0.2, -0.15) is 0 Å². The average molecular weight is 1940 g/mol. The predicted molar refractivity (Wildman–Crippen MR) is 526 cm³/mol.